The highest BCUT2D eigenvalue weighted by Crippen LogP contribution is 2.25. The molecule has 0 amide bonds. The van der Waals surface area contributed by atoms with E-state index < -0.39 is 0 Å². The molecule has 1 aliphatic rings. The number of hydrogen-bond donors (Lipinski definition) is 1. The third-order valence-corrected chi connectivity index (χ3v) is 3.03. The van der Waals surface area contributed by atoms with E-state index in [0.29, 0.717) is 18.1 Å². The molecule has 1 N–H and O–H groups in total. The van der Waals surface area contributed by atoms with E-state index in [-0.39, 0.29) is 0 Å². The van der Waals surface area contributed by atoms with Gasteiger partial charge in [0, 0.05) is 18.6 Å². The monoisotopic (exact) mass is 197 g/mol. The Bertz CT molecular complexity index is 170. The minimum Gasteiger partial charge on any atom is -0.378 e. The Kier molecular flexibility index (Phi) is 5.20. The fourth-order valence-corrected chi connectivity index (χ4v) is 2.20. The van der Waals surface area contributed by atoms with Gasteiger partial charge in [0.05, 0.1) is 6.10 Å². The van der Waals surface area contributed by atoms with E-state index in [9.17, 15) is 0 Å². The molecule has 3 unspecified atom stereocenters. The largest absolute Gasteiger partial charge is 0.378 e. The molecule has 0 aromatic heterocycles. The lowest BCUT2D eigenvalue weighted by Gasteiger charge is -2.25. The van der Waals surface area contributed by atoms with E-state index in [4.69, 9.17) is 4.74 Å². The second kappa shape index (κ2) is 6.20. The zero-order valence-electron chi connectivity index (χ0n) is 9.46. The molecule has 0 aromatic rings. The molecule has 0 saturated carbocycles. The lowest BCUT2D eigenvalue weighted by molar-refractivity contribution is 0.0957. The van der Waals surface area contributed by atoms with Crippen LogP contribution in [0.5, 0.6) is 0 Å². The molecule has 82 valence electrons. The van der Waals surface area contributed by atoms with Gasteiger partial charge in [-0.3, -0.25) is 0 Å². The third kappa shape index (κ3) is 3.10. The van der Waals surface area contributed by atoms with Crippen molar-refractivity contribution in [2.75, 3.05) is 13.2 Å². The van der Waals surface area contributed by atoms with E-state index in [1.807, 2.05) is 6.08 Å². The van der Waals surface area contributed by atoms with Gasteiger partial charge >= 0.3 is 0 Å². The van der Waals surface area contributed by atoms with Crippen LogP contribution in [0.3, 0.4) is 0 Å². The van der Waals surface area contributed by atoms with Gasteiger partial charge in [-0.05, 0) is 32.7 Å². The van der Waals surface area contributed by atoms with Gasteiger partial charge in [-0.2, -0.15) is 0 Å². The molecule has 1 saturated heterocycles. The quantitative estimate of drug-likeness (QED) is 0.660. The van der Waals surface area contributed by atoms with E-state index in [1.165, 1.54) is 12.8 Å². The lowest BCUT2D eigenvalue weighted by atomic mass is 9.91. The normalized spacial score (nSPS) is 29.0. The van der Waals surface area contributed by atoms with Gasteiger partial charge in [-0.25, -0.2) is 0 Å². The molecule has 3 atom stereocenters. The Morgan fingerprint density at radius 1 is 1.64 bits per heavy atom. The summed E-state index contributed by atoms with van der Waals surface area (Å²) in [7, 11) is 0. The summed E-state index contributed by atoms with van der Waals surface area (Å²) in [5.41, 5.74) is 0. The van der Waals surface area contributed by atoms with Crippen LogP contribution < -0.4 is 5.32 Å². The maximum atomic E-state index is 5.60. The van der Waals surface area contributed by atoms with E-state index in [0.717, 1.165) is 19.6 Å². The van der Waals surface area contributed by atoms with Gasteiger partial charge in [-0.1, -0.05) is 13.0 Å². The van der Waals surface area contributed by atoms with Crippen LogP contribution in [-0.2, 0) is 4.74 Å². The van der Waals surface area contributed by atoms with Crippen molar-refractivity contribution in [3.8, 4) is 0 Å². The smallest absolute Gasteiger partial charge is 0.0590 e. The predicted molar refractivity (Wildman–Crippen MR) is 60.4 cm³/mol. The molecule has 0 spiro atoms. The summed E-state index contributed by atoms with van der Waals surface area (Å²) in [4.78, 5) is 0. The van der Waals surface area contributed by atoms with Gasteiger partial charge < -0.3 is 10.1 Å². The number of hydrogen-bond acceptors (Lipinski definition) is 2. The lowest BCUT2D eigenvalue weighted by Crippen LogP contribution is -2.39. The van der Waals surface area contributed by atoms with E-state index in [2.05, 4.69) is 25.7 Å². The molecular formula is C12H23NO. The molecule has 14 heavy (non-hydrogen) atoms. The van der Waals surface area contributed by atoms with Gasteiger partial charge in [0.25, 0.3) is 0 Å². The van der Waals surface area contributed by atoms with E-state index >= 15 is 0 Å². The molecule has 0 radical (unpaired) electrons. The highest BCUT2D eigenvalue weighted by atomic mass is 16.5. The fraction of sp³-hybridized carbons (Fsp3) is 0.833. The summed E-state index contributed by atoms with van der Waals surface area (Å²) >= 11 is 0. The van der Waals surface area contributed by atoms with Gasteiger partial charge in [0.2, 0.25) is 0 Å². The Morgan fingerprint density at radius 3 is 2.93 bits per heavy atom. The Balaban J connectivity index is 2.43. The van der Waals surface area contributed by atoms with Crippen molar-refractivity contribution in [2.24, 2.45) is 5.92 Å². The second-order valence-corrected chi connectivity index (χ2v) is 4.11. The molecule has 2 heteroatoms. The highest BCUT2D eigenvalue weighted by Gasteiger charge is 2.30. The molecule has 0 bridgehead atoms. The third-order valence-electron chi connectivity index (χ3n) is 3.03. The first-order chi connectivity index (χ1) is 6.79. The van der Waals surface area contributed by atoms with Crippen LogP contribution in [0.15, 0.2) is 12.7 Å². The second-order valence-electron chi connectivity index (χ2n) is 4.11. The van der Waals surface area contributed by atoms with Crippen LogP contribution in [0.1, 0.15) is 33.1 Å². The van der Waals surface area contributed by atoms with Crippen molar-refractivity contribution in [1.29, 1.82) is 0 Å². The van der Waals surface area contributed by atoms with Gasteiger partial charge in [0.15, 0.2) is 0 Å². The number of rotatable bonds is 6. The summed E-state index contributed by atoms with van der Waals surface area (Å²) in [5.74, 6) is 0.666. The molecule has 1 rings (SSSR count). The summed E-state index contributed by atoms with van der Waals surface area (Å²) < 4.78 is 5.60. The standard InChI is InChI=1S/C12H23NO/c1-4-6-12(13-8-5-2)11-7-9-14-10(11)3/h4,10-13H,1,5-9H2,2-3H3. The fourth-order valence-electron chi connectivity index (χ4n) is 2.20. The van der Waals surface area contributed by atoms with Crippen LogP contribution in [0.4, 0.5) is 0 Å². The van der Waals surface area contributed by atoms with Crippen molar-refractivity contribution in [3.05, 3.63) is 12.7 Å². The van der Waals surface area contributed by atoms with Crippen LogP contribution >= 0.6 is 0 Å². The summed E-state index contributed by atoms with van der Waals surface area (Å²) in [5, 5.41) is 3.59. The maximum Gasteiger partial charge on any atom is 0.0590 e. The van der Waals surface area contributed by atoms with Gasteiger partial charge in [-0.15, -0.1) is 6.58 Å². The Labute approximate surface area is 87.7 Å². The number of nitrogens with one attached hydrogen (secondary N) is 1. The van der Waals surface area contributed by atoms with Crippen LogP contribution in [0, 0.1) is 5.92 Å². The first-order valence-electron chi connectivity index (χ1n) is 5.75. The molecule has 1 heterocycles. The Hall–Kier alpha value is -0.340. The summed E-state index contributed by atoms with van der Waals surface area (Å²) in [6.45, 7) is 10.2. The summed E-state index contributed by atoms with van der Waals surface area (Å²) in [6.07, 6.45) is 5.85. The summed E-state index contributed by atoms with van der Waals surface area (Å²) in [6, 6.07) is 0.560. The SMILES string of the molecule is C=CCC(NCCC)C1CCOC1C. The average Bonchev–Trinajstić information content (AvgIpc) is 2.59. The molecule has 1 fully saturated rings. The minimum atomic E-state index is 0.407. The maximum absolute atomic E-state index is 5.60. The van der Waals surface area contributed by atoms with Crippen LogP contribution in [0.2, 0.25) is 0 Å². The predicted octanol–water partition coefficient (Wildman–Crippen LogP) is 2.36. The van der Waals surface area contributed by atoms with Crippen LogP contribution in [-0.4, -0.2) is 25.3 Å². The van der Waals surface area contributed by atoms with Crippen molar-refractivity contribution >= 4 is 0 Å². The zero-order valence-corrected chi connectivity index (χ0v) is 9.46. The topological polar surface area (TPSA) is 21.3 Å². The molecule has 2 nitrogen and oxygen atoms in total. The van der Waals surface area contributed by atoms with Gasteiger partial charge in [0.1, 0.15) is 0 Å². The van der Waals surface area contributed by atoms with E-state index in [1.54, 1.807) is 0 Å². The van der Waals surface area contributed by atoms with Crippen molar-refractivity contribution in [3.63, 3.8) is 0 Å². The Morgan fingerprint density at radius 2 is 2.43 bits per heavy atom. The molecule has 0 aromatic carbocycles. The first-order valence-corrected chi connectivity index (χ1v) is 5.75. The van der Waals surface area contributed by atoms with Crippen molar-refractivity contribution in [1.82, 2.24) is 5.32 Å². The highest BCUT2D eigenvalue weighted by molar-refractivity contribution is 4.88. The molecule has 1 aliphatic heterocycles. The number of ether oxygens (including phenoxy) is 1. The molecular weight excluding hydrogens is 174 g/mol. The van der Waals surface area contributed by atoms with Crippen molar-refractivity contribution in [2.45, 2.75) is 45.3 Å². The van der Waals surface area contributed by atoms with Crippen molar-refractivity contribution < 1.29 is 4.74 Å². The molecule has 0 aliphatic carbocycles. The minimum absolute atomic E-state index is 0.407. The zero-order chi connectivity index (χ0) is 10.4. The first kappa shape index (κ1) is 11.7. The average molecular weight is 197 g/mol. The van der Waals surface area contributed by atoms with Crippen LogP contribution in [0.25, 0.3) is 0 Å².